The zero-order valence-electron chi connectivity index (χ0n) is 16.4. The highest BCUT2D eigenvalue weighted by Crippen LogP contribution is 2.28. The molecule has 4 rings (SSSR count). The highest BCUT2D eigenvalue weighted by molar-refractivity contribution is 6.32. The van der Waals surface area contributed by atoms with Crippen molar-refractivity contribution in [3.8, 4) is 23.5 Å². The minimum atomic E-state index is -1.10. The summed E-state index contributed by atoms with van der Waals surface area (Å²) in [5, 5.41) is 28.4. The van der Waals surface area contributed by atoms with Gasteiger partial charge in [0.05, 0.1) is 16.8 Å². The van der Waals surface area contributed by atoms with Crippen LogP contribution in [0.5, 0.6) is 5.88 Å². The van der Waals surface area contributed by atoms with Crippen molar-refractivity contribution in [1.82, 2.24) is 30.1 Å². The maximum absolute atomic E-state index is 12.8. The number of amides is 1. The first-order chi connectivity index (χ1) is 15.6. The number of anilines is 1. The number of halogens is 1. The predicted molar refractivity (Wildman–Crippen MR) is 114 cm³/mol. The van der Waals surface area contributed by atoms with Gasteiger partial charge in [-0.05, 0) is 24.3 Å². The van der Waals surface area contributed by atoms with Gasteiger partial charge in [-0.2, -0.15) is 15.3 Å². The van der Waals surface area contributed by atoms with Crippen LogP contribution in [-0.2, 0) is 4.79 Å². The third-order valence-electron chi connectivity index (χ3n) is 4.33. The second kappa shape index (κ2) is 9.34. The number of nitriles is 1. The van der Waals surface area contributed by atoms with Gasteiger partial charge in [0, 0.05) is 25.4 Å². The monoisotopic (exact) mass is 450 g/mol. The van der Waals surface area contributed by atoms with Crippen LogP contribution >= 0.6 is 11.6 Å². The van der Waals surface area contributed by atoms with Crippen molar-refractivity contribution in [2.45, 2.75) is 12.5 Å². The number of hydrogen-bond donors (Lipinski definition) is 3. The van der Waals surface area contributed by atoms with E-state index in [-0.39, 0.29) is 30.5 Å². The molecule has 4 aromatic heterocycles. The molecule has 0 saturated carbocycles. The zero-order valence-corrected chi connectivity index (χ0v) is 17.1. The number of aliphatic hydroxyl groups excluding tert-OH is 1. The van der Waals surface area contributed by atoms with E-state index in [0.717, 1.165) is 0 Å². The summed E-state index contributed by atoms with van der Waals surface area (Å²) in [4.78, 5) is 29.8. The Morgan fingerprint density at radius 2 is 2.16 bits per heavy atom. The van der Waals surface area contributed by atoms with Crippen LogP contribution in [0.25, 0.3) is 22.6 Å². The van der Waals surface area contributed by atoms with Gasteiger partial charge >= 0.3 is 0 Å². The molecule has 0 unspecified atom stereocenters. The van der Waals surface area contributed by atoms with E-state index in [0.29, 0.717) is 27.3 Å². The number of ether oxygens (including phenoxy) is 1. The fourth-order valence-electron chi connectivity index (χ4n) is 2.79. The van der Waals surface area contributed by atoms with E-state index in [2.05, 4.69) is 35.5 Å². The number of fused-ring (bicyclic) bond motifs is 1. The normalized spacial score (nSPS) is 11.7. The molecule has 11 nitrogen and oxygen atoms in total. The Morgan fingerprint density at radius 3 is 2.88 bits per heavy atom. The summed E-state index contributed by atoms with van der Waals surface area (Å²) < 4.78 is 5.87. The van der Waals surface area contributed by atoms with E-state index in [4.69, 9.17) is 21.6 Å². The number of rotatable bonds is 7. The highest BCUT2D eigenvalue weighted by Gasteiger charge is 2.24. The average Bonchev–Trinajstić information content (AvgIpc) is 3.28. The largest absolute Gasteiger partial charge is 0.464 e. The van der Waals surface area contributed by atoms with Gasteiger partial charge in [-0.25, -0.2) is 9.97 Å². The van der Waals surface area contributed by atoms with E-state index in [1.807, 2.05) is 6.07 Å². The number of nitrogens with zero attached hydrogens (tertiary/aromatic N) is 6. The molecule has 0 aliphatic rings. The lowest BCUT2D eigenvalue weighted by Crippen LogP contribution is -2.34. The summed E-state index contributed by atoms with van der Waals surface area (Å²) >= 11 is 6.22. The highest BCUT2D eigenvalue weighted by atomic mass is 35.5. The molecule has 3 N–H and O–H groups in total. The predicted octanol–water partition coefficient (Wildman–Crippen LogP) is 2.10. The second-order valence-corrected chi connectivity index (χ2v) is 6.88. The molecule has 32 heavy (non-hydrogen) atoms. The van der Waals surface area contributed by atoms with Crippen LogP contribution in [0.3, 0.4) is 0 Å². The molecule has 4 aromatic rings. The maximum Gasteiger partial charge on any atom is 0.266 e. The van der Waals surface area contributed by atoms with Crippen LogP contribution in [0, 0.1) is 11.3 Å². The van der Waals surface area contributed by atoms with Crippen molar-refractivity contribution in [1.29, 1.82) is 5.26 Å². The summed E-state index contributed by atoms with van der Waals surface area (Å²) in [5.41, 5.74) is 1.05. The molecule has 0 aliphatic carbocycles. The Morgan fingerprint density at radius 1 is 1.28 bits per heavy atom. The zero-order chi connectivity index (χ0) is 22.5. The summed E-state index contributed by atoms with van der Waals surface area (Å²) in [7, 11) is 0. The average molecular weight is 451 g/mol. The van der Waals surface area contributed by atoms with Crippen molar-refractivity contribution >= 4 is 34.4 Å². The SMILES string of the molecule is N#Cc1ccc(NC(=O)[C@H](CCO)Oc2nc(-c3ncccc3Cl)nc3[nH]ncc23)nc1. The van der Waals surface area contributed by atoms with Crippen LogP contribution in [0.1, 0.15) is 12.0 Å². The molecule has 0 aromatic carbocycles. The van der Waals surface area contributed by atoms with E-state index < -0.39 is 12.0 Å². The first-order valence-corrected chi connectivity index (χ1v) is 9.73. The lowest BCUT2D eigenvalue weighted by Gasteiger charge is -2.18. The lowest BCUT2D eigenvalue weighted by atomic mass is 10.2. The number of hydrogen-bond acceptors (Lipinski definition) is 9. The fraction of sp³-hybridized carbons (Fsp3) is 0.150. The molecular formula is C20H15ClN8O3. The summed E-state index contributed by atoms with van der Waals surface area (Å²) in [5.74, 6) is -0.0669. The molecule has 1 atom stereocenters. The number of carbonyl (C=O) groups excluding carboxylic acids is 1. The van der Waals surface area contributed by atoms with Gasteiger partial charge in [-0.1, -0.05) is 11.6 Å². The molecule has 4 heterocycles. The lowest BCUT2D eigenvalue weighted by molar-refractivity contribution is -0.123. The van der Waals surface area contributed by atoms with E-state index in [1.54, 1.807) is 18.3 Å². The molecule has 160 valence electrons. The van der Waals surface area contributed by atoms with Crippen molar-refractivity contribution < 1.29 is 14.6 Å². The van der Waals surface area contributed by atoms with Gasteiger partial charge in [-0.3, -0.25) is 14.9 Å². The van der Waals surface area contributed by atoms with Gasteiger partial charge in [0.2, 0.25) is 5.88 Å². The number of aromatic amines is 1. The molecule has 0 bridgehead atoms. The van der Waals surface area contributed by atoms with Crippen LogP contribution < -0.4 is 10.1 Å². The van der Waals surface area contributed by atoms with E-state index in [9.17, 15) is 9.90 Å². The molecule has 12 heteroatoms. The number of nitrogens with one attached hydrogen (secondary N) is 2. The molecule has 0 fully saturated rings. The molecular weight excluding hydrogens is 436 g/mol. The summed E-state index contributed by atoms with van der Waals surface area (Å²) in [6, 6.07) is 8.29. The standard InChI is InChI=1S/C20H15ClN8O3/c21-13-2-1-6-23-16(13)18-27-17-12(10-25-29-17)20(28-18)32-14(5-7-30)19(31)26-15-4-3-11(8-22)9-24-15/h1-4,6,9-10,14,30H,5,7H2,(H,24,26,31)(H,25,27,28,29)/t14-/m0/s1. The van der Waals surface area contributed by atoms with Crippen LogP contribution in [0.2, 0.25) is 5.02 Å². The number of aliphatic hydroxyl groups is 1. The fourth-order valence-corrected chi connectivity index (χ4v) is 3.00. The van der Waals surface area contributed by atoms with Crippen molar-refractivity contribution in [3.63, 3.8) is 0 Å². The van der Waals surface area contributed by atoms with Gasteiger partial charge in [0.1, 0.15) is 23.0 Å². The van der Waals surface area contributed by atoms with Gasteiger partial charge in [0.15, 0.2) is 17.6 Å². The van der Waals surface area contributed by atoms with Gasteiger partial charge < -0.3 is 15.2 Å². The third kappa shape index (κ3) is 4.46. The Balaban J connectivity index is 1.64. The van der Waals surface area contributed by atoms with Crippen LogP contribution in [-0.4, -0.2) is 53.9 Å². The van der Waals surface area contributed by atoms with Crippen molar-refractivity contribution in [2.24, 2.45) is 0 Å². The van der Waals surface area contributed by atoms with Crippen molar-refractivity contribution in [3.05, 3.63) is 53.4 Å². The minimum Gasteiger partial charge on any atom is -0.464 e. The van der Waals surface area contributed by atoms with Crippen LogP contribution in [0.15, 0.2) is 42.9 Å². The summed E-state index contributed by atoms with van der Waals surface area (Å²) in [6.45, 7) is -0.308. The molecule has 0 saturated heterocycles. The number of pyridine rings is 2. The van der Waals surface area contributed by atoms with E-state index in [1.165, 1.54) is 24.5 Å². The number of carbonyl (C=O) groups is 1. The Hall–Kier alpha value is -4.14. The third-order valence-corrected chi connectivity index (χ3v) is 4.63. The smallest absolute Gasteiger partial charge is 0.266 e. The molecule has 0 aliphatic heterocycles. The van der Waals surface area contributed by atoms with Gasteiger partial charge in [-0.15, -0.1) is 0 Å². The molecule has 0 radical (unpaired) electrons. The number of aromatic nitrogens is 6. The molecule has 1 amide bonds. The number of H-pyrrole nitrogens is 1. The maximum atomic E-state index is 12.8. The van der Waals surface area contributed by atoms with E-state index >= 15 is 0 Å². The Bertz CT molecular complexity index is 1300. The second-order valence-electron chi connectivity index (χ2n) is 6.47. The first kappa shape index (κ1) is 21.1. The van der Waals surface area contributed by atoms with Crippen molar-refractivity contribution in [2.75, 3.05) is 11.9 Å². The quantitative estimate of drug-likeness (QED) is 0.382. The first-order valence-electron chi connectivity index (χ1n) is 9.35. The minimum absolute atomic E-state index is 0.00879. The summed E-state index contributed by atoms with van der Waals surface area (Å²) in [6.07, 6.45) is 3.24. The molecule has 0 spiro atoms. The van der Waals surface area contributed by atoms with Gasteiger partial charge in [0.25, 0.3) is 5.91 Å². The topological polar surface area (TPSA) is 163 Å². The Kier molecular flexibility index (Phi) is 6.16. The Labute approximate surface area is 186 Å². The van der Waals surface area contributed by atoms with Crippen LogP contribution in [0.4, 0.5) is 5.82 Å².